The van der Waals surface area contributed by atoms with Crippen LogP contribution in [0.1, 0.15) is 74.9 Å². The second-order valence-corrected chi connectivity index (χ2v) is 16.0. The number of aryl methyl sites for hydroxylation is 2. The van der Waals surface area contributed by atoms with E-state index in [1.807, 2.05) is 86.6 Å². The fourth-order valence-electron chi connectivity index (χ4n) is 5.66. The topological polar surface area (TPSA) is 200 Å². The molecule has 324 valence electrons. The van der Waals surface area contributed by atoms with E-state index < -0.39 is 47.4 Å². The summed E-state index contributed by atoms with van der Waals surface area (Å²) in [7, 11) is 2.55. The van der Waals surface area contributed by atoms with Crippen LogP contribution in [-0.4, -0.2) is 61.6 Å². The number of nitrogen functional groups attached to an aromatic ring is 2. The van der Waals surface area contributed by atoms with Crippen molar-refractivity contribution in [1.29, 1.82) is 0 Å². The van der Waals surface area contributed by atoms with Crippen molar-refractivity contribution in [3.63, 3.8) is 0 Å². The van der Waals surface area contributed by atoms with Gasteiger partial charge in [-0.15, -0.1) is 0 Å². The second kappa shape index (κ2) is 22.1. The van der Waals surface area contributed by atoms with Gasteiger partial charge in [0.1, 0.15) is 48.0 Å². The van der Waals surface area contributed by atoms with Crippen LogP contribution in [0.5, 0.6) is 11.5 Å². The van der Waals surface area contributed by atoms with Crippen LogP contribution < -0.4 is 31.6 Å². The SMILES string of the molecule is COC(=O)[C@@H](Cc1cc(C)c(N)c(OCc2ccccc2)c1)NC(=O)OC(C)(C)C.COC(=O)[C@@H](Cc1cc(C)c(N)c(OCc2ccccc2)c1)NC(=O)OC(C)(C)C. The van der Waals surface area contributed by atoms with Gasteiger partial charge in [-0.3, -0.25) is 0 Å². The van der Waals surface area contributed by atoms with E-state index >= 15 is 0 Å². The molecular weight excluding hydrogens is 769 g/mol. The predicted octanol–water partition coefficient (Wildman–Crippen LogP) is 7.53. The third-order valence-electron chi connectivity index (χ3n) is 8.52. The molecule has 0 unspecified atom stereocenters. The molecule has 14 heteroatoms. The van der Waals surface area contributed by atoms with Gasteiger partial charge in [0.2, 0.25) is 0 Å². The number of carbonyl (C=O) groups is 4. The van der Waals surface area contributed by atoms with E-state index in [0.717, 1.165) is 33.4 Å². The Morgan fingerprint density at radius 2 is 0.883 bits per heavy atom. The Morgan fingerprint density at radius 1 is 0.550 bits per heavy atom. The first kappa shape index (κ1) is 47.9. The van der Waals surface area contributed by atoms with E-state index in [4.69, 9.17) is 39.9 Å². The number of carbonyl (C=O) groups excluding carboxylic acids is 4. The first-order valence-electron chi connectivity index (χ1n) is 19.4. The van der Waals surface area contributed by atoms with Gasteiger partial charge in [0.25, 0.3) is 0 Å². The molecule has 0 aliphatic heterocycles. The number of methoxy groups -OCH3 is 2. The Bertz CT molecular complexity index is 1900. The largest absolute Gasteiger partial charge is 0.487 e. The zero-order valence-electron chi connectivity index (χ0n) is 36.3. The first-order valence-corrected chi connectivity index (χ1v) is 19.4. The van der Waals surface area contributed by atoms with Crippen LogP contribution in [0.15, 0.2) is 84.9 Å². The molecule has 4 rings (SSSR count). The van der Waals surface area contributed by atoms with Gasteiger partial charge in [0.15, 0.2) is 0 Å². The smallest absolute Gasteiger partial charge is 0.408 e. The van der Waals surface area contributed by atoms with Crippen LogP contribution in [0.25, 0.3) is 0 Å². The standard InChI is InChI=1S/2C23H30N2O5/c2*1-15-11-17(12-18(21(26)28-5)25-22(27)30-23(2,3)4)13-19(20(15)24)29-14-16-9-7-6-8-10-16/h2*6-11,13,18H,12,14,24H2,1-5H3,(H,25,27)/t2*18-/m11/s1. The number of esters is 2. The zero-order chi connectivity index (χ0) is 44.6. The summed E-state index contributed by atoms with van der Waals surface area (Å²) < 4.78 is 32.0. The van der Waals surface area contributed by atoms with Gasteiger partial charge in [0.05, 0.1) is 25.6 Å². The van der Waals surface area contributed by atoms with Gasteiger partial charge in [-0.2, -0.15) is 0 Å². The Labute approximate surface area is 353 Å². The highest BCUT2D eigenvalue weighted by molar-refractivity contribution is 5.82. The molecule has 14 nitrogen and oxygen atoms in total. The quantitative estimate of drug-likeness (QED) is 0.0554. The van der Waals surface area contributed by atoms with Crippen molar-refractivity contribution in [2.45, 2.75) is 105 Å². The number of hydrogen-bond donors (Lipinski definition) is 4. The zero-order valence-corrected chi connectivity index (χ0v) is 36.3. The molecule has 0 spiro atoms. The molecule has 2 amide bonds. The van der Waals surface area contributed by atoms with Gasteiger partial charge < -0.3 is 50.5 Å². The van der Waals surface area contributed by atoms with Crippen LogP contribution in [0.2, 0.25) is 0 Å². The Kier molecular flexibility index (Phi) is 17.6. The summed E-state index contributed by atoms with van der Waals surface area (Å²) in [6.45, 7) is 15.0. The minimum atomic E-state index is -0.908. The fourth-order valence-corrected chi connectivity index (χ4v) is 5.66. The van der Waals surface area contributed by atoms with Crippen molar-refractivity contribution in [1.82, 2.24) is 10.6 Å². The predicted molar refractivity (Wildman–Crippen MR) is 230 cm³/mol. The molecule has 0 heterocycles. The molecule has 0 bridgehead atoms. The lowest BCUT2D eigenvalue weighted by atomic mass is 10.0. The maximum atomic E-state index is 12.2. The van der Waals surface area contributed by atoms with E-state index in [0.29, 0.717) is 36.1 Å². The average Bonchev–Trinajstić information content (AvgIpc) is 3.17. The number of anilines is 2. The lowest BCUT2D eigenvalue weighted by Crippen LogP contribution is -2.45. The molecule has 4 aromatic rings. The minimum Gasteiger partial charge on any atom is -0.487 e. The molecule has 4 aromatic carbocycles. The highest BCUT2D eigenvalue weighted by atomic mass is 16.6. The van der Waals surface area contributed by atoms with Crippen molar-refractivity contribution in [2.24, 2.45) is 0 Å². The maximum absolute atomic E-state index is 12.2. The lowest BCUT2D eigenvalue weighted by Gasteiger charge is -2.23. The van der Waals surface area contributed by atoms with Crippen molar-refractivity contribution >= 4 is 35.5 Å². The van der Waals surface area contributed by atoms with E-state index in [-0.39, 0.29) is 12.8 Å². The van der Waals surface area contributed by atoms with Crippen molar-refractivity contribution in [2.75, 3.05) is 25.7 Å². The van der Waals surface area contributed by atoms with E-state index in [2.05, 4.69) is 10.6 Å². The van der Waals surface area contributed by atoms with Crippen LogP contribution in [0.3, 0.4) is 0 Å². The number of ether oxygens (including phenoxy) is 6. The summed E-state index contributed by atoms with van der Waals surface area (Å²) in [6, 6.07) is 24.9. The van der Waals surface area contributed by atoms with Gasteiger partial charge >= 0.3 is 24.1 Å². The number of amides is 2. The second-order valence-electron chi connectivity index (χ2n) is 16.0. The molecule has 0 aliphatic carbocycles. The molecule has 60 heavy (non-hydrogen) atoms. The van der Waals surface area contributed by atoms with E-state index in [1.54, 1.807) is 53.7 Å². The monoisotopic (exact) mass is 828 g/mol. The Balaban J connectivity index is 0.000000320. The van der Waals surface area contributed by atoms with Crippen molar-refractivity contribution in [3.05, 3.63) is 118 Å². The molecule has 0 radical (unpaired) electrons. The molecule has 0 aromatic heterocycles. The van der Waals surface area contributed by atoms with Gasteiger partial charge in [-0.1, -0.05) is 72.8 Å². The average molecular weight is 829 g/mol. The third-order valence-corrected chi connectivity index (χ3v) is 8.52. The molecule has 6 N–H and O–H groups in total. The highest BCUT2D eigenvalue weighted by Crippen LogP contribution is 2.30. The fraction of sp³-hybridized carbons (Fsp3) is 0.391. The minimum absolute atomic E-state index is 0.203. The molecular formula is C46H60N4O10. The summed E-state index contributed by atoms with van der Waals surface area (Å²) in [5.74, 6) is -0.0892. The van der Waals surface area contributed by atoms with Crippen LogP contribution >= 0.6 is 0 Å². The van der Waals surface area contributed by atoms with Crippen LogP contribution in [0, 0.1) is 13.8 Å². The first-order chi connectivity index (χ1) is 28.2. The number of nitrogens with two attached hydrogens (primary N) is 2. The molecule has 0 aliphatic rings. The summed E-state index contributed by atoms with van der Waals surface area (Å²) in [5, 5.41) is 5.15. The summed E-state index contributed by atoms with van der Waals surface area (Å²) >= 11 is 0. The van der Waals surface area contributed by atoms with Gasteiger partial charge in [0, 0.05) is 12.8 Å². The molecule has 0 saturated carbocycles. The summed E-state index contributed by atoms with van der Waals surface area (Å²) in [6.07, 6.45) is -0.972. The number of alkyl carbamates (subject to hydrolysis) is 2. The maximum Gasteiger partial charge on any atom is 0.408 e. The van der Waals surface area contributed by atoms with Crippen molar-refractivity contribution < 1.29 is 47.6 Å². The molecule has 0 saturated heterocycles. The van der Waals surface area contributed by atoms with E-state index in [9.17, 15) is 19.2 Å². The van der Waals surface area contributed by atoms with E-state index in [1.165, 1.54) is 14.2 Å². The molecule has 2 atom stereocenters. The van der Waals surface area contributed by atoms with Gasteiger partial charge in [-0.05, 0) is 101 Å². The van der Waals surface area contributed by atoms with Gasteiger partial charge in [-0.25, -0.2) is 19.2 Å². The van der Waals surface area contributed by atoms with Crippen LogP contribution in [0.4, 0.5) is 21.0 Å². The highest BCUT2D eigenvalue weighted by Gasteiger charge is 2.27. The Hall–Kier alpha value is -6.44. The number of benzene rings is 4. The van der Waals surface area contributed by atoms with Crippen molar-refractivity contribution in [3.8, 4) is 11.5 Å². The number of rotatable bonds is 14. The number of nitrogens with one attached hydrogen (secondary N) is 2. The third kappa shape index (κ3) is 16.4. The van der Waals surface area contributed by atoms with Crippen LogP contribution in [-0.2, 0) is 54.6 Å². The summed E-state index contributed by atoms with van der Waals surface area (Å²) in [5.41, 5.74) is 17.3. The summed E-state index contributed by atoms with van der Waals surface area (Å²) in [4.78, 5) is 48.7. The number of hydrogen-bond acceptors (Lipinski definition) is 12. The molecule has 0 fully saturated rings. The Morgan fingerprint density at radius 3 is 1.18 bits per heavy atom. The normalized spacial score (nSPS) is 12.0. The lowest BCUT2D eigenvalue weighted by molar-refractivity contribution is -0.143.